The fourth-order valence-electron chi connectivity index (χ4n) is 2.99. The molecule has 3 aromatic rings. The van der Waals surface area contributed by atoms with Crippen LogP contribution >= 0.6 is 47.2 Å². The maximum atomic E-state index is 13.3. The zero-order chi connectivity index (χ0) is 22.3. The Morgan fingerprint density at radius 2 is 1.81 bits per heavy atom. The number of nitrogens with zero attached hydrogens (tertiary/aromatic N) is 1. The van der Waals surface area contributed by atoms with Gasteiger partial charge >= 0.3 is 6.18 Å². The Balaban J connectivity index is 1.65. The van der Waals surface area contributed by atoms with Gasteiger partial charge in [0.15, 0.2) is 4.32 Å². The van der Waals surface area contributed by atoms with Crippen molar-refractivity contribution in [2.75, 3.05) is 4.90 Å². The molecular weight excluding hydrogens is 490 g/mol. The third-order valence-electron chi connectivity index (χ3n) is 4.34. The molecule has 3 nitrogen and oxygen atoms in total. The topological polar surface area (TPSA) is 33.5 Å². The molecule has 0 radical (unpaired) electrons. The van der Waals surface area contributed by atoms with Crippen LogP contribution in [0.4, 0.5) is 18.9 Å². The predicted molar refractivity (Wildman–Crippen MR) is 121 cm³/mol. The molecule has 0 spiro atoms. The van der Waals surface area contributed by atoms with Gasteiger partial charge in [-0.2, -0.15) is 13.2 Å². The Morgan fingerprint density at radius 1 is 1.06 bits per heavy atom. The van der Waals surface area contributed by atoms with E-state index < -0.39 is 17.6 Å². The molecule has 158 valence electrons. The Labute approximate surface area is 194 Å². The normalized spacial score (nSPS) is 15.9. The van der Waals surface area contributed by atoms with Crippen LogP contribution in [-0.4, -0.2) is 10.2 Å². The standard InChI is InChI=1S/C21H10Cl2F3NO2S2/c22-11-5-7-16(15(23)9-11)27-19(28)18(31-20(27)30)10-12-6-8-17(29-12)13-3-1-2-4-14(13)21(24,25)26/h1-10H/b18-10-. The van der Waals surface area contributed by atoms with E-state index in [-0.39, 0.29) is 31.3 Å². The molecular formula is C21H10Cl2F3NO2S2. The molecule has 1 aromatic heterocycles. The van der Waals surface area contributed by atoms with Crippen molar-refractivity contribution >= 4 is 69.2 Å². The number of thioether (sulfide) groups is 1. The van der Waals surface area contributed by atoms with Gasteiger partial charge in [0.05, 0.1) is 21.2 Å². The van der Waals surface area contributed by atoms with E-state index in [9.17, 15) is 18.0 Å². The summed E-state index contributed by atoms with van der Waals surface area (Å²) in [4.78, 5) is 14.4. The molecule has 0 unspecified atom stereocenters. The average molecular weight is 500 g/mol. The van der Waals surface area contributed by atoms with Crippen molar-refractivity contribution in [1.82, 2.24) is 0 Å². The fraction of sp³-hybridized carbons (Fsp3) is 0.0476. The number of amides is 1. The van der Waals surface area contributed by atoms with Crippen LogP contribution in [0.15, 0.2) is 63.9 Å². The zero-order valence-electron chi connectivity index (χ0n) is 15.2. The van der Waals surface area contributed by atoms with E-state index in [1.165, 1.54) is 47.4 Å². The summed E-state index contributed by atoms with van der Waals surface area (Å²) in [5, 5.41) is 0.672. The maximum absolute atomic E-state index is 13.3. The summed E-state index contributed by atoms with van der Waals surface area (Å²) in [7, 11) is 0. The lowest BCUT2D eigenvalue weighted by Crippen LogP contribution is -2.27. The minimum Gasteiger partial charge on any atom is -0.457 e. The summed E-state index contributed by atoms with van der Waals surface area (Å²) in [6.45, 7) is 0. The predicted octanol–water partition coefficient (Wildman–Crippen LogP) is 7.68. The third kappa shape index (κ3) is 4.39. The van der Waals surface area contributed by atoms with Gasteiger partial charge in [-0.3, -0.25) is 9.69 Å². The Morgan fingerprint density at radius 3 is 2.52 bits per heavy atom. The zero-order valence-corrected chi connectivity index (χ0v) is 18.4. The van der Waals surface area contributed by atoms with Gasteiger partial charge in [-0.15, -0.1) is 0 Å². The highest BCUT2D eigenvalue weighted by Crippen LogP contribution is 2.41. The number of carbonyl (C=O) groups excluding carboxylic acids is 1. The molecule has 2 aromatic carbocycles. The summed E-state index contributed by atoms with van der Waals surface area (Å²) < 4.78 is 45.7. The lowest BCUT2D eigenvalue weighted by molar-refractivity contribution is -0.137. The Bertz CT molecular complexity index is 1240. The average Bonchev–Trinajstić information content (AvgIpc) is 3.27. The van der Waals surface area contributed by atoms with Crippen molar-refractivity contribution < 1.29 is 22.4 Å². The molecule has 1 aliphatic heterocycles. The maximum Gasteiger partial charge on any atom is 0.417 e. The number of alkyl halides is 3. The molecule has 0 bridgehead atoms. The minimum absolute atomic E-state index is 0.0374. The summed E-state index contributed by atoms with van der Waals surface area (Å²) in [6.07, 6.45) is -3.09. The molecule has 1 amide bonds. The Hall–Kier alpha value is -2.26. The highest BCUT2D eigenvalue weighted by molar-refractivity contribution is 8.27. The molecule has 2 heterocycles. The number of furan rings is 1. The number of rotatable bonds is 3. The van der Waals surface area contributed by atoms with Crippen LogP contribution in [-0.2, 0) is 11.0 Å². The van der Waals surface area contributed by atoms with Crippen LogP contribution in [0.25, 0.3) is 17.4 Å². The molecule has 0 atom stereocenters. The first-order chi connectivity index (χ1) is 14.6. The third-order valence-corrected chi connectivity index (χ3v) is 6.18. The first-order valence-corrected chi connectivity index (χ1v) is 10.6. The van der Waals surface area contributed by atoms with Crippen LogP contribution in [0.3, 0.4) is 0 Å². The van der Waals surface area contributed by atoms with E-state index in [4.69, 9.17) is 39.8 Å². The van der Waals surface area contributed by atoms with E-state index >= 15 is 0 Å². The monoisotopic (exact) mass is 499 g/mol. The number of anilines is 1. The largest absolute Gasteiger partial charge is 0.457 e. The smallest absolute Gasteiger partial charge is 0.417 e. The lowest BCUT2D eigenvalue weighted by Gasteiger charge is -2.16. The van der Waals surface area contributed by atoms with Crippen LogP contribution in [0, 0.1) is 0 Å². The molecule has 1 fully saturated rings. The summed E-state index contributed by atoms with van der Waals surface area (Å²) >= 11 is 18.4. The van der Waals surface area contributed by atoms with E-state index in [2.05, 4.69) is 0 Å². The van der Waals surface area contributed by atoms with E-state index in [1.54, 1.807) is 12.1 Å². The molecule has 4 rings (SSSR count). The number of hydrogen-bond acceptors (Lipinski definition) is 4. The molecule has 1 saturated heterocycles. The van der Waals surface area contributed by atoms with Crippen LogP contribution in [0.2, 0.25) is 10.0 Å². The highest BCUT2D eigenvalue weighted by atomic mass is 35.5. The molecule has 31 heavy (non-hydrogen) atoms. The van der Waals surface area contributed by atoms with Gasteiger partial charge in [-0.05, 0) is 36.4 Å². The van der Waals surface area contributed by atoms with Gasteiger partial charge in [0.1, 0.15) is 11.5 Å². The van der Waals surface area contributed by atoms with Gasteiger partial charge in [0.25, 0.3) is 5.91 Å². The lowest BCUT2D eigenvalue weighted by atomic mass is 10.1. The number of benzene rings is 2. The van der Waals surface area contributed by atoms with Crippen molar-refractivity contribution in [2.24, 2.45) is 0 Å². The van der Waals surface area contributed by atoms with Gasteiger partial charge in [0.2, 0.25) is 0 Å². The van der Waals surface area contributed by atoms with Crippen molar-refractivity contribution in [2.45, 2.75) is 6.18 Å². The van der Waals surface area contributed by atoms with Crippen LogP contribution < -0.4 is 4.90 Å². The molecule has 0 N–H and O–H groups in total. The van der Waals surface area contributed by atoms with Crippen LogP contribution in [0.1, 0.15) is 11.3 Å². The number of hydrogen-bond donors (Lipinski definition) is 0. The van der Waals surface area contributed by atoms with Crippen molar-refractivity contribution in [3.8, 4) is 11.3 Å². The fourth-order valence-corrected chi connectivity index (χ4v) is 4.75. The second-order valence-electron chi connectivity index (χ2n) is 6.36. The summed E-state index contributed by atoms with van der Waals surface area (Å²) in [5.74, 6) is -0.169. The van der Waals surface area contributed by atoms with E-state index in [0.29, 0.717) is 10.7 Å². The SMILES string of the molecule is O=C1/C(=C/c2ccc(-c3ccccc3C(F)(F)F)o2)SC(=S)N1c1ccc(Cl)cc1Cl. The molecule has 0 saturated carbocycles. The van der Waals surface area contributed by atoms with Crippen molar-refractivity contribution in [1.29, 1.82) is 0 Å². The van der Waals surface area contributed by atoms with Gasteiger partial charge < -0.3 is 4.42 Å². The number of halogens is 5. The first kappa shape index (κ1) is 22.0. The van der Waals surface area contributed by atoms with Crippen molar-refractivity contribution in [3.63, 3.8) is 0 Å². The second-order valence-corrected chi connectivity index (χ2v) is 8.88. The van der Waals surface area contributed by atoms with Crippen LogP contribution in [0.5, 0.6) is 0 Å². The van der Waals surface area contributed by atoms with E-state index in [1.807, 2.05) is 0 Å². The highest BCUT2D eigenvalue weighted by Gasteiger charge is 2.36. The number of carbonyl (C=O) groups is 1. The minimum atomic E-state index is -4.52. The van der Waals surface area contributed by atoms with E-state index in [0.717, 1.165) is 17.8 Å². The molecule has 0 aliphatic carbocycles. The van der Waals surface area contributed by atoms with Gasteiger partial charge in [-0.25, -0.2) is 0 Å². The van der Waals surface area contributed by atoms with Crippen molar-refractivity contribution in [3.05, 3.63) is 80.9 Å². The second kappa shape index (κ2) is 8.35. The molecule has 10 heteroatoms. The van der Waals surface area contributed by atoms with Gasteiger partial charge in [-0.1, -0.05) is 65.4 Å². The molecule has 1 aliphatic rings. The van der Waals surface area contributed by atoms with Gasteiger partial charge in [0, 0.05) is 16.7 Å². The quantitative estimate of drug-likeness (QED) is 0.273. The Kier molecular flexibility index (Phi) is 5.91. The first-order valence-electron chi connectivity index (χ1n) is 8.64. The number of thiocarbonyl (C=S) groups is 1. The summed E-state index contributed by atoms with van der Waals surface area (Å²) in [6, 6.07) is 12.7. The summed E-state index contributed by atoms with van der Waals surface area (Å²) in [5.41, 5.74) is -0.508.